The molecule has 0 aliphatic carbocycles. The van der Waals surface area contributed by atoms with E-state index in [4.69, 9.17) is 0 Å². The maximum atomic E-state index is 11.5. The molecule has 4 nitrogen and oxygen atoms in total. The molecule has 0 aliphatic rings. The van der Waals surface area contributed by atoms with Gasteiger partial charge in [0.2, 0.25) is 0 Å². The third-order valence-electron chi connectivity index (χ3n) is 2.46. The van der Waals surface area contributed by atoms with E-state index in [2.05, 4.69) is 31.5 Å². The largest absolute Gasteiger partial charge is 0.338 e. The molecule has 0 saturated heterocycles. The van der Waals surface area contributed by atoms with Gasteiger partial charge in [0, 0.05) is 17.6 Å². The van der Waals surface area contributed by atoms with Gasteiger partial charge in [0.05, 0.1) is 0 Å². The van der Waals surface area contributed by atoms with E-state index < -0.39 is 0 Å². The topological polar surface area (TPSA) is 44.4 Å². The number of carbonyl (C=O) groups is 1. The number of nitrogens with one attached hydrogen (secondary N) is 2. The molecule has 2 N–H and O–H groups in total. The molecule has 0 spiro atoms. The van der Waals surface area contributed by atoms with Gasteiger partial charge in [-0.05, 0) is 38.7 Å². The summed E-state index contributed by atoms with van der Waals surface area (Å²) in [5.74, 6) is 0. The van der Waals surface area contributed by atoms with Crippen LogP contribution in [0.2, 0.25) is 0 Å². The van der Waals surface area contributed by atoms with Crippen LogP contribution < -0.4 is 10.6 Å². The predicted molar refractivity (Wildman–Crippen MR) is 77.6 cm³/mol. The van der Waals surface area contributed by atoms with Gasteiger partial charge < -0.3 is 15.5 Å². The minimum absolute atomic E-state index is 0.121. The quantitative estimate of drug-likeness (QED) is 0.791. The summed E-state index contributed by atoms with van der Waals surface area (Å²) in [6.45, 7) is 2.20. The molecule has 1 aromatic carbocycles. The zero-order chi connectivity index (χ0) is 13.4. The fourth-order valence-corrected chi connectivity index (χ4v) is 1.90. The Balaban J connectivity index is 2.19. The molecular formula is C13H20BrN3O. The lowest BCUT2D eigenvalue weighted by atomic mass is 10.2. The fourth-order valence-electron chi connectivity index (χ4n) is 1.48. The van der Waals surface area contributed by atoms with E-state index in [1.54, 1.807) is 0 Å². The summed E-state index contributed by atoms with van der Waals surface area (Å²) in [7, 11) is 4.04. The Kier molecular flexibility index (Phi) is 6.75. The average Bonchev–Trinajstić information content (AvgIpc) is 2.33. The van der Waals surface area contributed by atoms with Gasteiger partial charge in [-0.3, -0.25) is 0 Å². The lowest BCUT2D eigenvalue weighted by Gasteiger charge is -2.11. The molecule has 0 unspecified atom stereocenters. The maximum absolute atomic E-state index is 11.5. The van der Waals surface area contributed by atoms with Crippen molar-refractivity contribution < 1.29 is 4.79 Å². The average molecular weight is 314 g/mol. The lowest BCUT2D eigenvalue weighted by Crippen LogP contribution is -2.36. The molecule has 0 fully saturated rings. The van der Waals surface area contributed by atoms with Crippen molar-refractivity contribution in [2.75, 3.05) is 27.2 Å². The Labute approximate surface area is 117 Å². The van der Waals surface area contributed by atoms with Crippen LogP contribution in [-0.4, -0.2) is 38.1 Å². The summed E-state index contributed by atoms with van der Waals surface area (Å²) >= 11 is 3.45. The summed E-state index contributed by atoms with van der Waals surface area (Å²) in [5, 5.41) is 5.67. The van der Waals surface area contributed by atoms with E-state index in [1.807, 2.05) is 38.4 Å². The van der Waals surface area contributed by atoms with Gasteiger partial charge in [-0.2, -0.15) is 0 Å². The van der Waals surface area contributed by atoms with Crippen LogP contribution in [0.25, 0.3) is 0 Å². The molecule has 1 aromatic rings. The van der Waals surface area contributed by atoms with E-state index >= 15 is 0 Å². The van der Waals surface area contributed by atoms with Gasteiger partial charge >= 0.3 is 6.03 Å². The number of nitrogens with zero attached hydrogens (tertiary/aromatic N) is 1. The first-order valence-corrected chi connectivity index (χ1v) is 6.78. The second-order valence-corrected chi connectivity index (χ2v) is 5.21. The SMILES string of the molecule is CN(C)CCCNC(=O)NCc1ccccc1Br. The highest BCUT2D eigenvalue weighted by atomic mass is 79.9. The number of rotatable bonds is 6. The zero-order valence-corrected chi connectivity index (χ0v) is 12.5. The van der Waals surface area contributed by atoms with Crippen molar-refractivity contribution in [3.63, 3.8) is 0 Å². The van der Waals surface area contributed by atoms with Gasteiger partial charge in [-0.25, -0.2) is 4.79 Å². The van der Waals surface area contributed by atoms with Gasteiger partial charge in [0.1, 0.15) is 0 Å². The molecular weight excluding hydrogens is 294 g/mol. The molecule has 18 heavy (non-hydrogen) atoms. The summed E-state index contributed by atoms with van der Waals surface area (Å²) in [6.07, 6.45) is 0.954. The molecule has 0 heterocycles. The Hall–Kier alpha value is -1.07. The van der Waals surface area contributed by atoms with Crippen LogP contribution in [0.15, 0.2) is 28.7 Å². The van der Waals surface area contributed by atoms with Crippen LogP contribution in [0, 0.1) is 0 Å². The standard InChI is InChI=1S/C13H20BrN3O/c1-17(2)9-5-8-15-13(18)16-10-11-6-3-4-7-12(11)14/h3-4,6-7H,5,8-10H2,1-2H3,(H2,15,16,18). The maximum Gasteiger partial charge on any atom is 0.315 e. The van der Waals surface area contributed by atoms with E-state index in [-0.39, 0.29) is 6.03 Å². The highest BCUT2D eigenvalue weighted by Crippen LogP contribution is 2.15. The summed E-state index contributed by atoms with van der Waals surface area (Å²) in [4.78, 5) is 13.6. The minimum Gasteiger partial charge on any atom is -0.338 e. The molecule has 100 valence electrons. The zero-order valence-electron chi connectivity index (χ0n) is 10.9. The third-order valence-corrected chi connectivity index (χ3v) is 3.24. The summed E-state index contributed by atoms with van der Waals surface area (Å²) < 4.78 is 1.01. The van der Waals surface area contributed by atoms with Crippen LogP contribution in [-0.2, 0) is 6.54 Å². The normalized spacial score (nSPS) is 10.4. The van der Waals surface area contributed by atoms with Crippen molar-refractivity contribution in [1.29, 1.82) is 0 Å². The Morgan fingerprint density at radius 3 is 2.67 bits per heavy atom. The number of halogens is 1. The number of carbonyl (C=O) groups excluding carboxylic acids is 1. The van der Waals surface area contributed by atoms with Gasteiger partial charge in [0.25, 0.3) is 0 Å². The van der Waals surface area contributed by atoms with Crippen molar-refractivity contribution in [2.24, 2.45) is 0 Å². The van der Waals surface area contributed by atoms with E-state index in [0.717, 1.165) is 23.0 Å². The summed E-state index contributed by atoms with van der Waals surface area (Å²) in [6, 6.07) is 7.73. The van der Waals surface area contributed by atoms with Gasteiger partial charge in [-0.1, -0.05) is 34.1 Å². The van der Waals surface area contributed by atoms with Crippen LogP contribution in [0.3, 0.4) is 0 Å². The van der Waals surface area contributed by atoms with E-state index in [0.29, 0.717) is 13.1 Å². The van der Waals surface area contributed by atoms with Crippen LogP contribution in [0.1, 0.15) is 12.0 Å². The summed E-state index contributed by atoms with van der Waals surface area (Å²) in [5.41, 5.74) is 1.07. The number of hydrogen-bond acceptors (Lipinski definition) is 2. The molecule has 0 aromatic heterocycles. The second-order valence-electron chi connectivity index (χ2n) is 4.36. The van der Waals surface area contributed by atoms with E-state index in [1.165, 1.54) is 0 Å². The predicted octanol–water partition coefficient (Wildman–Crippen LogP) is 2.20. The Morgan fingerprint density at radius 2 is 2.00 bits per heavy atom. The van der Waals surface area contributed by atoms with Crippen molar-refractivity contribution in [3.8, 4) is 0 Å². The Bertz CT molecular complexity index is 382. The highest BCUT2D eigenvalue weighted by Gasteiger charge is 2.02. The minimum atomic E-state index is -0.121. The van der Waals surface area contributed by atoms with Gasteiger partial charge in [-0.15, -0.1) is 0 Å². The highest BCUT2D eigenvalue weighted by molar-refractivity contribution is 9.10. The smallest absolute Gasteiger partial charge is 0.315 e. The molecule has 0 atom stereocenters. The molecule has 0 aliphatic heterocycles. The van der Waals surface area contributed by atoms with Crippen LogP contribution in [0.5, 0.6) is 0 Å². The van der Waals surface area contributed by atoms with Gasteiger partial charge in [0.15, 0.2) is 0 Å². The van der Waals surface area contributed by atoms with Crippen molar-refractivity contribution in [1.82, 2.24) is 15.5 Å². The molecule has 5 heteroatoms. The van der Waals surface area contributed by atoms with Crippen molar-refractivity contribution >= 4 is 22.0 Å². The third kappa shape index (κ3) is 6.02. The molecule has 0 saturated carbocycles. The number of urea groups is 1. The molecule has 0 radical (unpaired) electrons. The van der Waals surface area contributed by atoms with E-state index in [9.17, 15) is 4.79 Å². The van der Waals surface area contributed by atoms with Crippen LogP contribution in [0.4, 0.5) is 4.79 Å². The first-order valence-electron chi connectivity index (χ1n) is 5.99. The Morgan fingerprint density at radius 1 is 1.28 bits per heavy atom. The first-order chi connectivity index (χ1) is 8.59. The lowest BCUT2D eigenvalue weighted by molar-refractivity contribution is 0.240. The number of hydrogen-bond donors (Lipinski definition) is 2. The van der Waals surface area contributed by atoms with Crippen molar-refractivity contribution in [3.05, 3.63) is 34.3 Å². The molecule has 2 amide bonds. The molecule has 0 bridgehead atoms. The van der Waals surface area contributed by atoms with Crippen molar-refractivity contribution in [2.45, 2.75) is 13.0 Å². The monoisotopic (exact) mass is 313 g/mol. The number of amides is 2. The second kappa shape index (κ2) is 8.11. The fraction of sp³-hybridized carbons (Fsp3) is 0.462. The molecule has 1 rings (SSSR count). The van der Waals surface area contributed by atoms with Crippen LogP contribution >= 0.6 is 15.9 Å². The number of benzene rings is 1. The first kappa shape index (κ1) is 15.0.